The molecule has 0 N–H and O–H groups in total. The summed E-state index contributed by atoms with van der Waals surface area (Å²) >= 11 is 0. The minimum atomic E-state index is -0.123. The van der Waals surface area contributed by atoms with Crippen LogP contribution in [0.15, 0.2) is 0 Å². The molecule has 0 unspecified atom stereocenters. The lowest BCUT2D eigenvalue weighted by molar-refractivity contribution is -0.146. The molecule has 0 radical (unpaired) electrons. The Balaban J connectivity index is 3.28. The van der Waals surface area contributed by atoms with Crippen LogP contribution in [-0.2, 0) is 18.9 Å². The number of rotatable bonds is 11. The lowest BCUT2D eigenvalue weighted by Crippen LogP contribution is -2.19. The van der Waals surface area contributed by atoms with Crippen LogP contribution < -0.4 is 0 Å². The van der Waals surface area contributed by atoms with Gasteiger partial charge in [0.25, 0.3) is 0 Å². The van der Waals surface area contributed by atoms with Crippen molar-refractivity contribution < 1.29 is 18.9 Å². The van der Waals surface area contributed by atoms with Crippen molar-refractivity contribution in [2.24, 2.45) is 0 Å². The van der Waals surface area contributed by atoms with Crippen molar-refractivity contribution >= 4 is 0 Å². The predicted octanol–water partition coefficient (Wildman–Crippen LogP) is 1.83. The molecule has 0 amide bonds. The van der Waals surface area contributed by atoms with Crippen LogP contribution in [0.5, 0.6) is 0 Å². The summed E-state index contributed by atoms with van der Waals surface area (Å²) < 4.78 is 21.1. The van der Waals surface area contributed by atoms with Crippen LogP contribution >= 0.6 is 0 Å². The highest BCUT2D eigenvalue weighted by Gasteiger charge is 2.06. The van der Waals surface area contributed by atoms with E-state index in [1.165, 1.54) is 0 Å². The molecule has 92 valence electrons. The summed E-state index contributed by atoms with van der Waals surface area (Å²) in [5.74, 6) is 0. The van der Waals surface area contributed by atoms with Gasteiger partial charge in [0.15, 0.2) is 6.29 Å². The van der Waals surface area contributed by atoms with Gasteiger partial charge >= 0.3 is 0 Å². The van der Waals surface area contributed by atoms with Crippen LogP contribution in [0.4, 0.5) is 0 Å². The number of ether oxygens (including phenoxy) is 4. The maximum atomic E-state index is 5.42. The summed E-state index contributed by atoms with van der Waals surface area (Å²) in [5.41, 5.74) is 0. The van der Waals surface area contributed by atoms with Crippen molar-refractivity contribution in [3.63, 3.8) is 0 Å². The van der Waals surface area contributed by atoms with Gasteiger partial charge in [-0.1, -0.05) is 0 Å². The molecule has 0 spiro atoms. The second kappa shape index (κ2) is 11.9. The SMILES string of the molecule is CCOC(CCOCCCOC)OCC. The smallest absolute Gasteiger partial charge is 0.159 e. The lowest BCUT2D eigenvalue weighted by atomic mass is 10.4. The van der Waals surface area contributed by atoms with E-state index >= 15 is 0 Å². The van der Waals surface area contributed by atoms with Gasteiger partial charge in [-0.15, -0.1) is 0 Å². The molecule has 0 saturated heterocycles. The molecule has 0 heterocycles. The maximum Gasteiger partial charge on any atom is 0.159 e. The van der Waals surface area contributed by atoms with Gasteiger partial charge in [-0.05, 0) is 20.3 Å². The maximum absolute atomic E-state index is 5.42. The van der Waals surface area contributed by atoms with Gasteiger partial charge in [-0.3, -0.25) is 0 Å². The van der Waals surface area contributed by atoms with Crippen LogP contribution in [0.25, 0.3) is 0 Å². The predicted molar refractivity (Wildman–Crippen MR) is 59.0 cm³/mol. The highest BCUT2D eigenvalue weighted by atomic mass is 16.7. The molecule has 0 atom stereocenters. The van der Waals surface area contributed by atoms with Crippen molar-refractivity contribution in [1.82, 2.24) is 0 Å². The Morgan fingerprint density at radius 1 is 0.933 bits per heavy atom. The molecule has 0 aliphatic heterocycles. The number of hydrogen-bond acceptors (Lipinski definition) is 4. The van der Waals surface area contributed by atoms with E-state index in [1.807, 2.05) is 13.8 Å². The van der Waals surface area contributed by atoms with E-state index in [0.717, 1.165) is 26.1 Å². The minimum Gasteiger partial charge on any atom is -0.385 e. The molecule has 0 aromatic carbocycles. The minimum absolute atomic E-state index is 0.123. The van der Waals surface area contributed by atoms with Crippen molar-refractivity contribution in [1.29, 1.82) is 0 Å². The van der Waals surface area contributed by atoms with E-state index in [-0.39, 0.29) is 6.29 Å². The standard InChI is InChI=1S/C11H24O4/c1-4-14-11(15-5-2)7-10-13-9-6-8-12-3/h11H,4-10H2,1-3H3. The zero-order valence-electron chi connectivity index (χ0n) is 10.2. The molecule has 0 aromatic rings. The Kier molecular flexibility index (Phi) is 11.8. The van der Waals surface area contributed by atoms with Crippen molar-refractivity contribution in [2.75, 3.05) is 40.1 Å². The fraction of sp³-hybridized carbons (Fsp3) is 1.00. The first-order valence-electron chi connectivity index (χ1n) is 5.65. The van der Waals surface area contributed by atoms with Crippen LogP contribution in [-0.4, -0.2) is 46.4 Å². The normalized spacial score (nSPS) is 11.2. The summed E-state index contributed by atoms with van der Waals surface area (Å²) in [6.45, 7) is 7.44. The molecule has 0 rings (SSSR count). The summed E-state index contributed by atoms with van der Waals surface area (Å²) in [5, 5.41) is 0. The fourth-order valence-electron chi connectivity index (χ4n) is 1.17. The first-order valence-corrected chi connectivity index (χ1v) is 5.65. The average molecular weight is 220 g/mol. The molecule has 4 nitrogen and oxygen atoms in total. The Labute approximate surface area is 92.8 Å². The molecular formula is C11H24O4. The van der Waals surface area contributed by atoms with Gasteiger partial charge in [-0.2, -0.15) is 0 Å². The van der Waals surface area contributed by atoms with Crippen LogP contribution in [0.1, 0.15) is 26.7 Å². The van der Waals surface area contributed by atoms with E-state index in [4.69, 9.17) is 18.9 Å². The highest BCUT2D eigenvalue weighted by Crippen LogP contribution is 2.01. The molecule has 0 fully saturated rings. The van der Waals surface area contributed by atoms with Crippen molar-refractivity contribution in [2.45, 2.75) is 33.0 Å². The Hall–Kier alpha value is -0.160. The Bertz CT molecular complexity index is 113. The lowest BCUT2D eigenvalue weighted by Gasteiger charge is -2.16. The molecular weight excluding hydrogens is 196 g/mol. The molecule has 0 aliphatic rings. The van der Waals surface area contributed by atoms with Gasteiger partial charge < -0.3 is 18.9 Å². The van der Waals surface area contributed by atoms with Crippen molar-refractivity contribution in [3.8, 4) is 0 Å². The van der Waals surface area contributed by atoms with Crippen LogP contribution in [0, 0.1) is 0 Å². The molecule has 0 aliphatic carbocycles. The van der Waals surface area contributed by atoms with Crippen LogP contribution in [0.2, 0.25) is 0 Å². The molecule has 0 bridgehead atoms. The Morgan fingerprint density at radius 3 is 2.13 bits per heavy atom. The number of hydrogen-bond donors (Lipinski definition) is 0. The second-order valence-corrected chi connectivity index (χ2v) is 3.09. The monoisotopic (exact) mass is 220 g/mol. The quantitative estimate of drug-likeness (QED) is 0.393. The average Bonchev–Trinajstić information content (AvgIpc) is 2.24. The third-order valence-corrected chi connectivity index (χ3v) is 1.84. The van der Waals surface area contributed by atoms with E-state index in [0.29, 0.717) is 19.8 Å². The summed E-state index contributed by atoms with van der Waals surface area (Å²) in [7, 11) is 1.69. The zero-order chi connectivity index (χ0) is 11.4. The zero-order valence-corrected chi connectivity index (χ0v) is 10.2. The highest BCUT2D eigenvalue weighted by molar-refractivity contribution is 4.44. The summed E-state index contributed by atoms with van der Waals surface area (Å²) in [6, 6.07) is 0. The second-order valence-electron chi connectivity index (χ2n) is 3.09. The largest absolute Gasteiger partial charge is 0.385 e. The van der Waals surface area contributed by atoms with Gasteiger partial charge in [0.05, 0.1) is 6.61 Å². The molecule has 0 aromatic heterocycles. The fourth-order valence-corrected chi connectivity index (χ4v) is 1.17. The molecule has 4 heteroatoms. The van der Waals surface area contributed by atoms with E-state index in [9.17, 15) is 0 Å². The summed E-state index contributed by atoms with van der Waals surface area (Å²) in [4.78, 5) is 0. The van der Waals surface area contributed by atoms with Gasteiger partial charge in [0.1, 0.15) is 0 Å². The topological polar surface area (TPSA) is 36.9 Å². The molecule has 0 saturated carbocycles. The van der Waals surface area contributed by atoms with Gasteiger partial charge in [0.2, 0.25) is 0 Å². The first-order chi connectivity index (χ1) is 7.35. The molecule has 15 heavy (non-hydrogen) atoms. The van der Waals surface area contributed by atoms with Gasteiger partial charge in [0, 0.05) is 40.0 Å². The Morgan fingerprint density at radius 2 is 1.60 bits per heavy atom. The van der Waals surface area contributed by atoms with Gasteiger partial charge in [-0.25, -0.2) is 0 Å². The number of methoxy groups -OCH3 is 1. The van der Waals surface area contributed by atoms with E-state index < -0.39 is 0 Å². The summed E-state index contributed by atoms with van der Waals surface area (Å²) in [6.07, 6.45) is 1.60. The van der Waals surface area contributed by atoms with Crippen LogP contribution in [0.3, 0.4) is 0 Å². The third kappa shape index (κ3) is 10.1. The first kappa shape index (κ1) is 14.8. The van der Waals surface area contributed by atoms with Crippen molar-refractivity contribution in [3.05, 3.63) is 0 Å². The van der Waals surface area contributed by atoms with E-state index in [1.54, 1.807) is 7.11 Å². The van der Waals surface area contributed by atoms with E-state index in [2.05, 4.69) is 0 Å². The third-order valence-electron chi connectivity index (χ3n) is 1.84.